The van der Waals surface area contributed by atoms with E-state index in [1.165, 1.54) is 25.9 Å². The lowest BCUT2D eigenvalue weighted by atomic mass is 10.0. The van der Waals surface area contributed by atoms with Crippen molar-refractivity contribution in [3.8, 4) is 5.88 Å². The number of nitrogens with one attached hydrogen (secondary N) is 1. The maximum absolute atomic E-state index is 5.25. The first kappa shape index (κ1) is 12.2. The molecule has 17 heavy (non-hydrogen) atoms. The first-order chi connectivity index (χ1) is 8.33. The van der Waals surface area contributed by atoms with E-state index in [2.05, 4.69) is 22.1 Å². The highest BCUT2D eigenvalue weighted by Gasteiger charge is 2.18. The van der Waals surface area contributed by atoms with Crippen LogP contribution in [0, 0.1) is 0 Å². The number of hydrogen-bond acceptors (Lipinski definition) is 4. The van der Waals surface area contributed by atoms with E-state index in [4.69, 9.17) is 4.74 Å². The SMILES string of the molecule is CCN1CCC(Nc2cccnc2OC)CC1. The van der Waals surface area contributed by atoms with E-state index in [0.29, 0.717) is 11.9 Å². The molecule has 1 N–H and O–H groups in total. The zero-order chi connectivity index (χ0) is 12.1. The maximum Gasteiger partial charge on any atom is 0.237 e. The van der Waals surface area contributed by atoms with Crippen LogP contribution in [0.3, 0.4) is 0 Å². The van der Waals surface area contributed by atoms with Gasteiger partial charge in [-0.05, 0) is 31.5 Å². The minimum atomic E-state index is 0.538. The zero-order valence-electron chi connectivity index (χ0n) is 10.6. The Labute approximate surface area is 103 Å². The third-order valence-electron chi connectivity index (χ3n) is 3.36. The van der Waals surface area contributed by atoms with Crippen molar-refractivity contribution in [2.45, 2.75) is 25.8 Å². The molecule has 1 aromatic rings. The summed E-state index contributed by atoms with van der Waals surface area (Å²) in [5.41, 5.74) is 1.00. The monoisotopic (exact) mass is 235 g/mol. The molecule has 2 heterocycles. The Morgan fingerprint density at radius 2 is 2.24 bits per heavy atom. The Morgan fingerprint density at radius 3 is 2.88 bits per heavy atom. The molecule has 1 aromatic heterocycles. The molecule has 1 aliphatic heterocycles. The second-order valence-corrected chi connectivity index (χ2v) is 4.41. The topological polar surface area (TPSA) is 37.4 Å². The van der Waals surface area contributed by atoms with E-state index in [1.807, 2.05) is 12.1 Å². The molecule has 0 atom stereocenters. The van der Waals surface area contributed by atoms with Gasteiger partial charge in [0.1, 0.15) is 0 Å². The Hall–Kier alpha value is -1.29. The van der Waals surface area contributed by atoms with Crippen LogP contribution in [0.25, 0.3) is 0 Å². The van der Waals surface area contributed by atoms with Crippen molar-refractivity contribution in [3.63, 3.8) is 0 Å². The fourth-order valence-electron chi connectivity index (χ4n) is 2.28. The molecular formula is C13H21N3O. The minimum absolute atomic E-state index is 0.538. The van der Waals surface area contributed by atoms with Gasteiger partial charge in [-0.3, -0.25) is 0 Å². The molecule has 2 rings (SSSR count). The van der Waals surface area contributed by atoms with E-state index in [-0.39, 0.29) is 0 Å². The highest BCUT2D eigenvalue weighted by atomic mass is 16.5. The Balaban J connectivity index is 1.93. The fourth-order valence-corrected chi connectivity index (χ4v) is 2.28. The van der Waals surface area contributed by atoms with Gasteiger partial charge in [-0.15, -0.1) is 0 Å². The number of aromatic nitrogens is 1. The lowest BCUT2D eigenvalue weighted by molar-refractivity contribution is 0.229. The molecule has 0 spiro atoms. The normalized spacial score (nSPS) is 18.0. The van der Waals surface area contributed by atoms with E-state index in [9.17, 15) is 0 Å². The van der Waals surface area contributed by atoms with Gasteiger partial charge in [-0.1, -0.05) is 6.92 Å². The summed E-state index contributed by atoms with van der Waals surface area (Å²) in [6.07, 6.45) is 4.13. The number of rotatable bonds is 4. The summed E-state index contributed by atoms with van der Waals surface area (Å²) >= 11 is 0. The zero-order valence-corrected chi connectivity index (χ0v) is 10.6. The van der Waals surface area contributed by atoms with Gasteiger partial charge in [0.05, 0.1) is 12.8 Å². The lowest BCUT2D eigenvalue weighted by Crippen LogP contribution is -2.38. The molecule has 4 nitrogen and oxygen atoms in total. The highest BCUT2D eigenvalue weighted by Crippen LogP contribution is 2.23. The number of piperidine rings is 1. The molecule has 0 amide bonds. The first-order valence-corrected chi connectivity index (χ1v) is 6.31. The third kappa shape index (κ3) is 3.09. The average molecular weight is 235 g/mol. The molecule has 1 fully saturated rings. The molecule has 4 heteroatoms. The number of ether oxygens (including phenoxy) is 1. The van der Waals surface area contributed by atoms with Crippen LogP contribution in [0.5, 0.6) is 5.88 Å². The van der Waals surface area contributed by atoms with Crippen LogP contribution in [-0.2, 0) is 0 Å². The van der Waals surface area contributed by atoms with Gasteiger partial charge < -0.3 is 15.0 Å². The second kappa shape index (κ2) is 5.87. The van der Waals surface area contributed by atoms with Crippen LogP contribution < -0.4 is 10.1 Å². The average Bonchev–Trinajstić information content (AvgIpc) is 2.40. The molecule has 0 radical (unpaired) electrons. The Kier molecular flexibility index (Phi) is 4.20. The van der Waals surface area contributed by atoms with Gasteiger partial charge in [0.2, 0.25) is 5.88 Å². The maximum atomic E-state index is 5.25. The summed E-state index contributed by atoms with van der Waals surface area (Å²) in [6, 6.07) is 4.50. The van der Waals surface area contributed by atoms with Crippen LogP contribution in [0.1, 0.15) is 19.8 Å². The van der Waals surface area contributed by atoms with Crippen LogP contribution in [0.4, 0.5) is 5.69 Å². The van der Waals surface area contributed by atoms with Crippen LogP contribution >= 0.6 is 0 Å². The predicted octanol–water partition coefficient (Wildman–Crippen LogP) is 1.99. The van der Waals surface area contributed by atoms with Crippen LogP contribution in [0.2, 0.25) is 0 Å². The van der Waals surface area contributed by atoms with Crippen molar-refractivity contribution >= 4 is 5.69 Å². The van der Waals surface area contributed by atoms with Crippen LogP contribution in [0.15, 0.2) is 18.3 Å². The number of nitrogens with zero attached hydrogens (tertiary/aromatic N) is 2. The predicted molar refractivity (Wildman–Crippen MR) is 69.5 cm³/mol. The molecule has 0 saturated carbocycles. The molecule has 1 aliphatic rings. The minimum Gasteiger partial charge on any atom is -0.480 e. The Morgan fingerprint density at radius 1 is 1.47 bits per heavy atom. The van der Waals surface area contributed by atoms with E-state index >= 15 is 0 Å². The van der Waals surface area contributed by atoms with Crippen LogP contribution in [-0.4, -0.2) is 42.7 Å². The van der Waals surface area contributed by atoms with Crippen molar-refractivity contribution < 1.29 is 4.74 Å². The fraction of sp³-hybridized carbons (Fsp3) is 0.615. The lowest BCUT2D eigenvalue weighted by Gasteiger charge is -2.32. The van der Waals surface area contributed by atoms with E-state index in [0.717, 1.165) is 12.2 Å². The van der Waals surface area contributed by atoms with Gasteiger partial charge in [0.15, 0.2) is 0 Å². The molecule has 1 saturated heterocycles. The van der Waals surface area contributed by atoms with Crippen molar-refractivity contribution in [1.82, 2.24) is 9.88 Å². The third-order valence-corrected chi connectivity index (χ3v) is 3.36. The van der Waals surface area contributed by atoms with Gasteiger partial charge in [-0.25, -0.2) is 4.98 Å². The van der Waals surface area contributed by atoms with Gasteiger partial charge in [0.25, 0.3) is 0 Å². The first-order valence-electron chi connectivity index (χ1n) is 6.31. The molecular weight excluding hydrogens is 214 g/mol. The van der Waals surface area contributed by atoms with Gasteiger partial charge in [-0.2, -0.15) is 0 Å². The van der Waals surface area contributed by atoms with Crippen molar-refractivity contribution in [1.29, 1.82) is 0 Å². The summed E-state index contributed by atoms with van der Waals surface area (Å²) in [4.78, 5) is 6.68. The van der Waals surface area contributed by atoms with Crippen molar-refractivity contribution in [3.05, 3.63) is 18.3 Å². The van der Waals surface area contributed by atoms with E-state index in [1.54, 1.807) is 13.3 Å². The number of hydrogen-bond donors (Lipinski definition) is 1. The summed E-state index contributed by atoms with van der Waals surface area (Å²) in [6.45, 7) is 5.73. The smallest absolute Gasteiger partial charge is 0.237 e. The van der Waals surface area contributed by atoms with Gasteiger partial charge in [0, 0.05) is 25.3 Å². The highest BCUT2D eigenvalue weighted by molar-refractivity contribution is 5.52. The van der Waals surface area contributed by atoms with Crippen molar-refractivity contribution in [2.75, 3.05) is 32.1 Å². The summed E-state index contributed by atoms with van der Waals surface area (Å²) < 4.78 is 5.25. The molecule has 0 aliphatic carbocycles. The number of pyridine rings is 1. The second-order valence-electron chi connectivity index (χ2n) is 4.41. The number of likely N-dealkylation sites (tertiary alicyclic amines) is 1. The van der Waals surface area contributed by atoms with E-state index < -0.39 is 0 Å². The molecule has 0 aromatic carbocycles. The molecule has 0 bridgehead atoms. The quantitative estimate of drug-likeness (QED) is 0.866. The largest absolute Gasteiger partial charge is 0.480 e. The van der Waals surface area contributed by atoms with Crippen molar-refractivity contribution in [2.24, 2.45) is 0 Å². The standard InChI is InChI=1S/C13H21N3O/c1-3-16-9-6-11(7-10-16)15-12-5-4-8-14-13(12)17-2/h4-5,8,11,15H,3,6-7,9-10H2,1-2H3. The summed E-state index contributed by atoms with van der Waals surface area (Å²) in [5, 5.41) is 3.53. The molecule has 94 valence electrons. The summed E-state index contributed by atoms with van der Waals surface area (Å²) in [5.74, 6) is 0.686. The summed E-state index contributed by atoms with van der Waals surface area (Å²) in [7, 11) is 1.66. The Bertz CT molecular complexity index is 348. The number of methoxy groups -OCH3 is 1. The van der Waals surface area contributed by atoms with Gasteiger partial charge >= 0.3 is 0 Å². The number of anilines is 1. The molecule has 0 unspecified atom stereocenters.